The van der Waals surface area contributed by atoms with Crippen LogP contribution in [0.5, 0.6) is 0 Å². The van der Waals surface area contributed by atoms with E-state index in [9.17, 15) is 32.8 Å². The molecule has 0 amide bonds. The Morgan fingerprint density at radius 3 is 1.62 bits per heavy atom. The van der Waals surface area contributed by atoms with Crippen LogP contribution < -0.4 is 0 Å². The van der Waals surface area contributed by atoms with Crippen molar-refractivity contribution in [3.63, 3.8) is 0 Å². The van der Waals surface area contributed by atoms with Crippen LogP contribution in [-0.2, 0) is 47.6 Å². The van der Waals surface area contributed by atoms with Crippen molar-refractivity contribution in [3.05, 3.63) is 0 Å². The maximum atomic E-state index is 14.1. The number of hydrogen-bond acceptors (Lipinski definition) is 11. The monoisotopic (exact) mass is 750 g/mol. The van der Waals surface area contributed by atoms with Crippen molar-refractivity contribution in [2.75, 3.05) is 13.2 Å². The van der Waals surface area contributed by atoms with Gasteiger partial charge < -0.3 is 28.4 Å². The summed E-state index contributed by atoms with van der Waals surface area (Å²) in [6, 6.07) is 0. The van der Waals surface area contributed by atoms with Crippen LogP contribution in [0.1, 0.15) is 155 Å². The Balaban J connectivity index is 0.000000762. The zero-order chi connectivity index (χ0) is 40.9. The first-order chi connectivity index (χ1) is 23.6. The molecule has 2 aliphatic rings. The van der Waals surface area contributed by atoms with Gasteiger partial charge in [0.25, 0.3) is 0 Å². The molecule has 2 rings (SSSR count). The van der Waals surface area contributed by atoms with E-state index in [1.165, 1.54) is 40.5 Å². The molecule has 304 valence electrons. The largest absolute Gasteiger partial charge is 0.508 e. The Hall–Kier alpha value is -2.99. The third-order valence-corrected chi connectivity index (χ3v) is 9.85. The van der Waals surface area contributed by atoms with Crippen LogP contribution >= 0.6 is 0 Å². The van der Waals surface area contributed by atoms with E-state index in [-0.39, 0.29) is 42.6 Å². The van der Waals surface area contributed by atoms with Crippen LogP contribution in [0.3, 0.4) is 0 Å². The van der Waals surface area contributed by atoms with Crippen LogP contribution in [0.2, 0.25) is 0 Å². The standard InChI is InChI=1S/C15H26F2O4.C14H26O2.C10H16O5/c1-8-10(20-11(18)14(6,7)9-2)15(16,17)12(19)21-13(3,4)5;1-6-13(4,5)12(15)16-14(11(2)3)9-7-8-10-14;1-4-10(2,3)8(11)13-5-7-6-14-9(12)15-7/h10H,8-9H2,1-7H3;11H,6-10H2,1-5H3;7H,4-6H2,1-3H3. The molecule has 0 N–H and O–H groups in total. The lowest BCUT2D eigenvalue weighted by atomic mass is 9.86. The molecule has 0 aromatic heterocycles. The van der Waals surface area contributed by atoms with Crippen molar-refractivity contribution in [1.82, 2.24) is 0 Å². The first-order valence-electron chi connectivity index (χ1n) is 18.6. The normalized spacial score (nSPS) is 18.0. The number of alkyl halides is 2. The number of rotatable bonds is 14. The highest BCUT2D eigenvalue weighted by atomic mass is 19.3. The van der Waals surface area contributed by atoms with E-state index in [2.05, 4.69) is 18.6 Å². The van der Waals surface area contributed by atoms with Gasteiger partial charge in [0, 0.05) is 0 Å². The molecular weight excluding hydrogens is 682 g/mol. The highest BCUT2D eigenvalue weighted by molar-refractivity contribution is 5.81. The zero-order valence-corrected chi connectivity index (χ0v) is 34.5. The molecule has 1 aliphatic carbocycles. The van der Waals surface area contributed by atoms with Gasteiger partial charge in [0.1, 0.15) is 24.4 Å². The summed E-state index contributed by atoms with van der Waals surface area (Å²) in [6.45, 7) is 26.9. The number of halogens is 2. The van der Waals surface area contributed by atoms with Gasteiger partial charge >= 0.3 is 36.0 Å². The van der Waals surface area contributed by atoms with E-state index >= 15 is 0 Å². The van der Waals surface area contributed by atoms with Gasteiger partial charge in [-0.1, -0.05) is 41.5 Å². The van der Waals surface area contributed by atoms with Crippen LogP contribution in [0.15, 0.2) is 0 Å². The number of hydrogen-bond donors (Lipinski definition) is 0. The lowest BCUT2D eigenvalue weighted by molar-refractivity contribution is -0.209. The minimum Gasteiger partial charge on any atom is -0.461 e. The van der Waals surface area contributed by atoms with E-state index in [0.29, 0.717) is 18.8 Å². The summed E-state index contributed by atoms with van der Waals surface area (Å²) < 4.78 is 58.0. The molecule has 0 aromatic rings. The molecule has 1 saturated carbocycles. The summed E-state index contributed by atoms with van der Waals surface area (Å²) in [6.07, 6.45) is 3.26. The van der Waals surface area contributed by atoms with E-state index in [1.807, 2.05) is 41.5 Å². The average Bonchev–Trinajstić information content (AvgIpc) is 3.71. The quantitative estimate of drug-likeness (QED) is 0.124. The summed E-state index contributed by atoms with van der Waals surface area (Å²) in [5.74, 6) is -6.18. The number of esters is 4. The van der Waals surface area contributed by atoms with Gasteiger partial charge in [-0.05, 0) is 120 Å². The van der Waals surface area contributed by atoms with Crippen LogP contribution in [0.25, 0.3) is 0 Å². The second-order valence-electron chi connectivity index (χ2n) is 16.9. The van der Waals surface area contributed by atoms with Gasteiger partial charge in [-0.3, -0.25) is 14.4 Å². The zero-order valence-electron chi connectivity index (χ0n) is 34.5. The van der Waals surface area contributed by atoms with Crippen molar-refractivity contribution in [2.45, 2.75) is 185 Å². The Bertz CT molecular complexity index is 1180. The predicted octanol–water partition coefficient (Wildman–Crippen LogP) is 9.16. The van der Waals surface area contributed by atoms with Gasteiger partial charge in [-0.25, -0.2) is 9.59 Å². The summed E-state index contributed by atoms with van der Waals surface area (Å²) in [5.41, 5.74) is -2.93. The smallest absolute Gasteiger partial charge is 0.461 e. The fourth-order valence-electron chi connectivity index (χ4n) is 4.52. The maximum Gasteiger partial charge on any atom is 0.508 e. The van der Waals surface area contributed by atoms with Crippen molar-refractivity contribution in [1.29, 1.82) is 0 Å². The Labute approximate surface area is 310 Å². The van der Waals surface area contributed by atoms with Gasteiger partial charge in [0.15, 0.2) is 12.2 Å². The summed E-state index contributed by atoms with van der Waals surface area (Å²) in [7, 11) is 0. The predicted molar refractivity (Wildman–Crippen MR) is 192 cm³/mol. The van der Waals surface area contributed by atoms with Gasteiger partial charge in [-0.2, -0.15) is 8.78 Å². The molecule has 13 heteroatoms. The minimum atomic E-state index is -3.87. The molecule has 11 nitrogen and oxygen atoms in total. The third-order valence-electron chi connectivity index (χ3n) is 9.85. The fourth-order valence-corrected chi connectivity index (χ4v) is 4.52. The number of ether oxygens (including phenoxy) is 6. The molecule has 2 fully saturated rings. The van der Waals surface area contributed by atoms with Crippen LogP contribution in [0.4, 0.5) is 13.6 Å². The Morgan fingerprint density at radius 2 is 1.23 bits per heavy atom. The molecule has 1 saturated heterocycles. The molecule has 0 bridgehead atoms. The summed E-state index contributed by atoms with van der Waals surface area (Å²) in [5, 5.41) is 0. The van der Waals surface area contributed by atoms with Gasteiger partial charge in [0.2, 0.25) is 0 Å². The SMILES string of the molecule is CCC(C)(C)C(=O)OC1(C(C)C)CCCC1.CCC(C)(C)C(=O)OCC1COC(=O)O1.CCC(OC(=O)C(C)(C)CC)C(F)(F)C(=O)OC(C)(C)C. The molecule has 52 heavy (non-hydrogen) atoms. The summed E-state index contributed by atoms with van der Waals surface area (Å²) >= 11 is 0. The first-order valence-corrected chi connectivity index (χ1v) is 18.6. The second kappa shape index (κ2) is 19.9. The van der Waals surface area contributed by atoms with Crippen LogP contribution in [0, 0.1) is 22.2 Å². The third kappa shape index (κ3) is 15.2. The average molecular weight is 751 g/mol. The number of carbonyl (C=O) groups excluding carboxylic acids is 5. The fraction of sp³-hybridized carbons (Fsp3) is 0.872. The molecule has 0 spiro atoms. The molecule has 1 heterocycles. The van der Waals surface area contributed by atoms with Crippen LogP contribution in [-0.4, -0.2) is 72.6 Å². The van der Waals surface area contributed by atoms with Crippen molar-refractivity contribution in [3.8, 4) is 0 Å². The number of carbonyl (C=O) groups is 5. The minimum absolute atomic E-state index is 0.0226. The first kappa shape index (κ1) is 49.0. The van der Waals surface area contributed by atoms with Gasteiger partial charge in [-0.15, -0.1) is 0 Å². The van der Waals surface area contributed by atoms with Crippen molar-refractivity contribution >= 4 is 30.0 Å². The molecule has 0 aromatic carbocycles. The Morgan fingerprint density at radius 1 is 0.769 bits per heavy atom. The van der Waals surface area contributed by atoms with E-state index in [1.54, 1.807) is 20.8 Å². The molecule has 2 atom stereocenters. The molecule has 1 aliphatic heterocycles. The number of cyclic esters (lactones) is 2. The molecular formula is C39H68F2O11. The van der Waals surface area contributed by atoms with Gasteiger partial charge in [0.05, 0.1) is 16.2 Å². The Kier molecular flexibility index (Phi) is 18.8. The molecule has 0 radical (unpaired) electrons. The van der Waals surface area contributed by atoms with E-state index in [4.69, 9.17) is 23.7 Å². The maximum absolute atomic E-state index is 14.1. The lowest BCUT2D eigenvalue weighted by Gasteiger charge is -2.36. The lowest BCUT2D eigenvalue weighted by Crippen LogP contribution is -2.48. The highest BCUT2D eigenvalue weighted by Crippen LogP contribution is 2.41. The summed E-state index contributed by atoms with van der Waals surface area (Å²) in [4.78, 5) is 57.8. The topological polar surface area (TPSA) is 141 Å². The second-order valence-corrected chi connectivity index (χ2v) is 16.9. The van der Waals surface area contributed by atoms with E-state index in [0.717, 1.165) is 19.3 Å². The highest BCUT2D eigenvalue weighted by Gasteiger charge is 2.52. The van der Waals surface area contributed by atoms with Crippen molar-refractivity contribution < 1.29 is 61.2 Å². The molecule has 2 unspecified atom stereocenters. The van der Waals surface area contributed by atoms with Crippen molar-refractivity contribution in [2.24, 2.45) is 22.2 Å². The van der Waals surface area contributed by atoms with E-state index < -0.39 is 52.7 Å².